The standard InChI is InChI=1S/C9H14O/c1-7-4-5-8(10)9(2,3)6-7/h4-6,8,10H,1-3H3. The third-order valence-corrected chi connectivity index (χ3v) is 1.90. The van der Waals surface area contributed by atoms with Crippen LogP contribution in [0.25, 0.3) is 0 Å². The highest BCUT2D eigenvalue weighted by molar-refractivity contribution is 5.26. The molecule has 0 aromatic heterocycles. The molecule has 0 heterocycles. The van der Waals surface area contributed by atoms with Crippen LogP contribution in [0.15, 0.2) is 23.8 Å². The molecule has 1 nitrogen and oxygen atoms in total. The minimum atomic E-state index is -0.323. The molecule has 0 aliphatic heterocycles. The van der Waals surface area contributed by atoms with Crippen LogP contribution >= 0.6 is 0 Å². The molecule has 1 unspecified atom stereocenters. The fourth-order valence-electron chi connectivity index (χ4n) is 1.21. The molecular weight excluding hydrogens is 124 g/mol. The summed E-state index contributed by atoms with van der Waals surface area (Å²) in [4.78, 5) is 0. The molecule has 1 aliphatic rings. The number of rotatable bonds is 0. The van der Waals surface area contributed by atoms with Crippen molar-refractivity contribution in [2.24, 2.45) is 5.41 Å². The number of allylic oxidation sites excluding steroid dienone is 2. The third kappa shape index (κ3) is 1.29. The first-order valence-corrected chi connectivity index (χ1v) is 3.58. The molecule has 0 radical (unpaired) electrons. The largest absolute Gasteiger partial charge is 0.388 e. The van der Waals surface area contributed by atoms with E-state index in [4.69, 9.17) is 0 Å². The molecule has 0 fully saturated rings. The summed E-state index contributed by atoms with van der Waals surface area (Å²) in [5.74, 6) is 0. The molecule has 1 rings (SSSR count). The number of hydrogen-bond donors (Lipinski definition) is 1. The molecule has 0 saturated carbocycles. The lowest BCUT2D eigenvalue weighted by Gasteiger charge is -2.28. The quantitative estimate of drug-likeness (QED) is 0.542. The van der Waals surface area contributed by atoms with E-state index >= 15 is 0 Å². The van der Waals surface area contributed by atoms with Crippen LogP contribution in [0.4, 0.5) is 0 Å². The second-order valence-electron chi connectivity index (χ2n) is 3.51. The molecule has 1 heteroatoms. The van der Waals surface area contributed by atoms with Gasteiger partial charge in [0.15, 0.2) is 0 Å². The lowest BCUT2D eigenvalue weighted by atomic mass is 9.81. The molecule has 0 amide bonds. The van der Waals surface area contributed by atoms with Gasteiger partial charge in [0, 0.05) is 5.41 Å². The molecule has 0 spiro atoms. The topological polar surface area (TPSA) is 20.2 Å². The summed E-state index contributed by atoms with van der Waals surface area (Å²) < 4.78 is 0. The maximum absolute atomic E-state index is 9.42. The lowest BCUT2D eigenvalue weighted by molar-refractivity contribution is 0.123. The Morgan fingerprint density at radius 1 is 1.50 bits per heavy atom. The average Bonchev–Trinajstić information content (AvgIpc) is 1.78. The SMILES string of the molecule is CC1=CC(C)(C)C(O)C=C1. The van der Waals surface area contributed by atoms with Gasteiger partial charge in [0.2, 0.25) is 0 Å². The van der Waals surface area contributed by atoms with Crippen molar-refractivity contribution in [2.75, 3.05) is 0 Å². The Kier molecular flexibility index (Phi) is 1.69. The van der Waals surface area contributed by atoms with E-state index in [-0.39, 0.29) is 11.5 Å². The highest BCUT2D eigenvalue weighted by Gasteiger charge is 2.25. The zero-order valence-electron chi connectivity index (χ0n) is 6.76. The predicted molar refractivity (Wildman–Crippen MR) is 42.7 cm³/mol. The van der Waals surface area contributed by atoms with Crippen LogP contribution in [-0.4, -0.2) is 11.2 Å². The lowest BCUT2D eigenvalue weighted by Crippen LogP contribution is -2.27. The fraction of sp³-hybridized carbons (Fsp3) is 0.556. The summed E-state index contributed by atoms with van der Waals surface area (Å²) in [6.45, 7) is 6.11. The number of aliphatic hydroxyl groups is 1. The second-order valence-corrected chi connectivity index (χ2v) is 3.51. The minimum Gasteiger partial charge on any atom is -0.388 e. The van der Waals surface area contributed by atoms with E-state index in [1.165, 1.54) is 5.57 Å². The summed E-state index contributed by atoms with van der Waals surface area (Å²) in [6, 6.07) is 0. The fourth-order valence-corrected chi connectivity index (χ4v) is 1.21. The minimum absolute atomic E-state index is 0.0845. The van der Waals surface area contributed by atoms with E-state index in [1.807, 2.05) is 32.9 Å². The van der Waals surface area contributed by atoms with Crippen molar-refractivity contribution in [1.82, 2.24) is 0 Å². The van der Waals surface area contributed by atoms with Crippen LogP contribution in [0.2, 0.25) is 0 Å². The zero-order valence-corrected chi connectivity index (χ0v) is 6.76. The van der Waals surface area contributed by atoms with Gasteiger partial charge in [-0.15, -0.1) is 0 Å². The van der Waals surface area contributed by atoms with Gasteiger partial charge in [0.1, 0.15) is 0 Å². The average molecular weight is 138 g/mol. The zero-order chi connectivity index (χ0) is 7.78. The van der Waals surface area contributed by atoms with Crippen LogP contribution in [0.3, 0.4) is 0 Å². The van der Waals surface area contributed by atoms with Crippen LogP contribution in [0.1, 0.15) is 20.8 Å². The summed E-state index contributed by atoms with van der Waals surface area (Å²) in [5, 5.41) is 9.42. The molecule has 10 heavy (non-hydrogen) atoms. The van der Waals surface area contributed by atoms with Crippen LogP contribution in [0, 0.1) is 5.41 Å². The van der Waals surface area contributed by atoms with Gasteiger partial charge in [-0.1, -0.05) is 37.6 Å². The maximum atomic E-state index is 9.42. The van der Waals surface area contributed by atoms with Crippen molar-refractivity contribution >= 4 is 0 Å². The Balaban J connectivity index is 2.88. The van der Waals surface area contributed by atoms with Crippen molar-refractivity contribution in [2.45, 2.75) is 26.9 Å². The van der Waals surface area contributed by atoms with Gasteiger partial charge in [0.05, 0.1) is 6.10 Å². The molecule has 0 aromatic carbocycles. The highest BCUT2D eigenvalue weighted by Crippen LogP contribution is 2.28. The molecule has 0 bridgehead atoms. The van der Waals surface area contributed by atoms with Gasteiger partial charge in [-0.2, -0.15) is 0 Å². The van der Waals surface area contributed by atoms with Gasteiger partial charge in [-0.3, -0.25) is 0 Å². The highest BCUT2D eigenvalue weighted by atomic mass is 16.3. The number of hydrogen-bond acceptors (Lipinski definition) is 1. The first-order chi connectivity index (χ1) is 4.52. The van der Waals surface area contributed by atoms with E-state index in [1.54, 1.807) is 0 Å². The molecule has 1 aliphatic carbocycles. The van der Waals surface area contributed by atoms with Gasteiger partial charge < -0.3 is 5.11 Å². The van der Waals surface area contributed by atoms with Crippen LogP contribution in [0.5, 0.6) is 0 Å². The van der Waals surface area contributed by atoms with Gasteiger partial charge in [-0.05, 0) is 6.92 Å². The van der Waals surface area contributed by atoms with E-state index in [9.17, 15) is 5.11 Å². The van der Waals surface area contributed by atoms with Crippen molar-refractivity contribution in [3.63, 3.8) is 0 Å². The Labute approximate surface area is 62.1 Å². The van der Waals surface area contributed by atoms with Crippen LogP contribution < -0.4 is 0 Å². The van der Waals surface area contributed by atoms with Crippen molar-refractivity contribution < 1.29 is 5.11 Å². The second kappa shape index (κ2) is 2.24. The normalized spacial score (nSPS) is 30.0. The van der Waals surface area contributed by atoms with E-state index in [0.717, 1.165) is 0 Å². The molecule has 1 atom stereocenters. The van der Waals surface area contributed by atoms with Crippen molar-refractivity contribution in [1.29, 1.82) is 0 Å². The Morgan fingerprint density at radius 2 is 2.10 bits per heavy atom. The van der Waals surface area contributed by atoms with Crippen LogP contribution in [-0.2, 0) is 0 Å². The van der Waals surface area contributed by atoms with E-state index in [2.05, 4.69) is 6.08 Å². The number of aliphatic hydroxyl groups excluding tert-OH is 1. The molecule has 0 saturated heterocycles. The van der Waals surface area contributed by atoms with Gasteiger partial charge in [0.25, 0.3) is 0 Å². The smallest absolute Gasteiger partial charge is 0.0809 e. The predicted octanol–water partition coefficient (Wildman–Crippen LogP) is 1.89. The molecule has 0 aromatic rings. The Bertz CT molecular complexity index is 187. The van der Waals surface area contributed by atoms with E-state index < -0.39 is 0 Å². The summed E-state index contributed by atoms with van der Waals surface area (Å²) >= 11 is 0. The van der Waals surface area contributed by atoms with Gasteiger partial charge >= 0.3 is 0 Å². The monoisotopic (exact) mass is 138 g/mol. The Hall–Kier alpha value is -0.560. The van der Waals surface area contributed by atoms with E-state index in [0.29, 0.717) is 0 Å². The maximum Gasteiger partial charge on any atom is 0.0809 e. The van der Waals surface area contributed by atoms with Gasteiger partial charge in [-0.25, -0.2) is 0 Å². The summed E-state index contributed by atoms with van der Waals surface area (Å²) in [7, 11) is 0. The first kappa shape index (κ1) is 7.55. The first-order valence-electron chi connectivity index (χ1n) is 3.58. The Morgan fingerprint density at radius 3 is 2.50 bits per heavy atom. The summed E-state index contributed by atoms with van der Waals surface area (Å²) in [5.41, 5.74) is 1.15. The summed E-state index contributed by atoms with van der Waals surface area (Å²) in [6.07, 6.45) is 5.57. The van der Waals surface area contributed by atoms with Crippen molar-refractivity contribution in [3.8, 4) is 0 Å². The molecule has 56 valence electrons. The molecule has 1 N–H and O–H groups in total. The third-order valence-electron chi connectivity index (χ3n) is 1.90. The molecular formula is C9H14O. The van der Waals surface area contributed by atoms with Crippen molar-refractivity contribution in [3.05, 3.63) is 23.8 Å².